The first-order valence-corrected chi connectivity index (χ1v) is 10.1. The largest absolute Gasteiger partial charge is 0.394 e. The van der Waals surface area contributed by atoms with Gasteiger partial charge in [-0.05, 0) is 12.1 Å². The molecule has 8 atom stereocenters. The van der Waals surface area contributed by atoms with Crippen LogP contribution < -0.4 is 22.6 Å². The van der Waals surface area contributed by atoms with Crippen LogP contribution in [0.1, 0.15) is 27.3 Å². The highest BCUT2D eigenvalue weighted by Gasteiger charge is 2.46. The van der Waals surface area contributed by atoms with E-state index in [9.17, 15) is 28.6 Å². The second-order valence-electron chi connectivity index (χ2n) is 7.52. The molecule has 37 heavy (non-hydrogen) atoms. The van der Waals surface area contributed by atoms with E-state index < -0.39 is 73.8 Å². The van der Waals surface area contributed by atoms with Gasteiger partial charge in [-0.3, -0.25) is 19.8 Å². The Kier molecular flexibility index (Phi) is 11.6. The highest BCUT2D eigenvalue weighted by molar-refractivity contribution is 5.28. The Labute approximate surface area is 209 Å². The fraction of sp³-hybridized carbons (Fsp3) is 0.600. The number of nitrogens with two attached hydrogens (primary N) is 1. The van der Waals surface area contributed by atoms with Gasteiger partial charge in [0.05, 0.1) is 13.2 Å². The number of hydrogen-bond acceptors (Lipinski definition) is 13. The molecule has 2 aromatic heterocycles. The predicted octanol–water partition coefficient (Wildman–Crippen LogP) is -1.68. The molecular formula is C20H32F2N6O9. The third-order valence-corrected chi connectivity index (χ3v) is 5.29. The minimum absolute atomic E-state index is 0. The lowest BCUT2D eigenvalue weighted by Crippen LogP contribution is -2.33. The van der Waals surface area contributed by atoms with Gasteiger partial charge < -0.3 is 35.6 Å². The Hall–Kier alpha value is -3.06. The third-order valence-electron chi connectivity index (χ3n) is 5.29. The number of anilines is 2. The number of alkyl halides is 2. The molecule has 0 bridgehead atoms. The number of nitrogen functional groups attached to an aromatic ring is 1. The second kappa shape index (κ2) is 13.5. The van der Waals surface area contributed by atoms with E-state index in [4.69, 9.17) is 30.6 Å². The summed E-state index contributed by atoms with van der Waals surface area (Å²) < 4.78 is 39.2. The second-order valence-corrected chi connectivity index (χ2v) is 7.52. The molecule has 2 aromatic rings. The van der Waals surface area contributed by atoms with Gasteiger partial charge in [0.25, 0.3) is 0 Å². The molecule has 2 aliphatic heterocycles. The van der Waals surface area contributed by atoms with Crippen molar-refractivity contribution in [2.24, 2.45) is 0 Å². The maximum absolute atomic E-state index is 13.7. The lowest BCUT2D eigenvalue weighted by Gasteiger charge is -2.15. The summed E-state index contributed by atoms with van der Waals surface area (Å²) >= 11 is 0. The van der Waals surface area contributed by atoms with Crippen molar-refractivity contribution in [3.63, 3.8) is 0 Å². The lowest BCUT2D eigenvalue weighted by atomic mass is 10.1. The van der Waals surface area contributed by atoms with Crippen LogP contribution in [0.25, 0.3) is 0 Å². The summed E-state index contributed by atoms with van der Waals surface area (Å²) in [4.78, 5) is 29.8. The average molecular weight is 539 g/mol. The highest BCUT2D eigenvalue weighted by atomic mass is 19.1. The highest BCUT2D eigenvalue weighted by Crippen LogP contribution is 2.31. The first-order valence-electron chi connectivity index (χ1n) is 10.1. The molecule has 2 saturated heterocycles. The summed E-state index contributed by atoms with van der Waals surface area (Å²) in [6, 6.07) is 2.55. The topological polar surface area (TPSA) is 227 Å². The molecule has 2 unspecified atom stereocenters. The summed E-state index contributed by atoms with van der Waals surface area (Å²) in [7, 11) is 0. The normalized spacial score (nSPS) is 30.5. The Balaban J connectivity index is 0.000000351. The SMILES string of the molecule is C.C.Nc1ccn([C@@H]2O[C@H](CO)[C@H](O)C2F)c(=O)n1.O=c1nc(NO)ccn1[C@@H]1O[C@H](CO)[C@H](O)C1F. The van der Waals surface area contributed by atoms with Gasteiger partial charge in [0, 0.05) is 12.4 Å². The molecule has 0 aromatic carbocycles. The van der Waals surface area contributed by atoms with Gasteiger partial charge in [0.15, 0.2) is 30.6 Å². The Morgan fingerprint density at radius 2 is 1.32 bits per heavy atom. The molecule has 17 heteroatoms. The summed E-state index contributed by atoms with van der Waals surface area (Å²) in [5.74, 6) is -0.0807. The van der Waals surface area contributed by atoms with Crippen molar-refractivity contribution in [1.29, 1.82) is 0 Å². The smallest absolute Gasteiger partial charge is 0.351 e. The van der Waals surface area contributed by atoms with Gasteiger partial charge in [-0.2, -0.15) is 9.97 Å². The quantitative estimate of drug-likeness (QED) is 0.211. The van der Waals surface area contributed by atoms with E-state index in [0.29, 0.717) is 0 Å². The predicted molar refractivity (Wildman–Crippen MR) is 124 cm³/mol. The number of aliphatic hydroxyl groups is 4. The lowest BCUT2D eigenvalue weighted by molar-refractivity contribution is -0.0491. The molecule has 4 heterocycles. The minimum atomic E-state index is -1.85. The van der Waals surface area contributed by atoms with Crippen LogP contribution in [0.2, 0.25) is 0 Å². The van der Waals surface area contributed by atoms with E-state index in [-0.39, 0.29) is 26.5 Å². The van der Waals surface area contributed by atoms with Crippen molar-refractivity contribution in [3.05, 3.63) is 45.5 Å². The van der Waals surface area contributed by atoms with Gasteiger partial charge in [-0.15, -0.1) is 0 Å². The Morgan fingerprint density at radius 3 is 1.68 bits per heavy atom. The number of hydrogen-bond donors (Lipinski definition) is 7. The molecule has 210 valence electrons. The van der Waals surface area contributed by atoms with Crippen LogP contribution in [0.5, 0.6) is 0 Å². The maximum Gasteiger partial charge on any atom is 0.351 e. The fourth-order valence-electron chi connectivity index (χ4n) is 3.44. The van der Waals surface area contributed by atoms with E-state index >= 15 is 0 Å². The van der Waals surface area contributed by atoms with Gasteiger partial charge in [-0.25, -0.2) is 18.4 Å². The van der Waals surface area contributed by atoms with E-state index in [0.717, 1.165) is 15.3 Å². The zero-order chi connectivity index (χ0) is 25.9. The average Bonchev–Trinajstić information content (AvgIpc) is 3.29. The Bertz CT molecular complexity index is 1120. The van der Waals surface area contributed by atoms with E-state index in [1.807, 2.05) is 0 Å². The number of nitrogens with one attached hydrogen (secondary N) is 1. The number of aliphatic hydroxyl groups excluding tert-OH is 4. The van der Waals surface area contributed by atoms with Crippen molar-refractivity contribution >= 4 is 11.6 Å². The fourth-order valence-corrected chi connectivity index (χ4v) is 3.44. The molecule has 2 aliphatic rings. The van der Waals surface area contributed by atoms with E-state index in [2.05, 4.69) is 9.97 Å². The van der Waals surface area contributed by atoms with Crippen molar-refractivity contribution < 1.29 is 43.9 Å². The number of nitrogens with zero attached hydrogens (tertiary/aromatic N) is 4. The summed E-state index contributed by atoms with van der Waals surface area (Å²) in [6.45, 7) is -1.09. The molecule has 2 fully saturated rings. The van der Waals surface area contributed by atoms with Crippen LogP contribution in [-0.2, 0) is 9.47 Å². The molecule has 4 rings (SSSR count). The maximum atomic E-state index is 13.7. The molecule has 0 spiro atoms. The van der Waals surface area contributed by atoms with Crippen LogP contribution in [-0.4, -0.2) is 94.7 Å². The van der Waals surface area contributed by atoms with E-state index in [1.54, 1.807) is 5.48 Å². The van der Waals surface area contributed by atoms with Crippen molar-refractivity contribution in [3.8, 4) is 0 Å². The van der Waals surface area contributed by atoms with Crippen molar-refractivity contribution in [2.45, 2.75) is 64.1 Å². The molecule has 0 radical (unpaired) electrons. The minimum Gasteiger partial charge on any atom is -0.394 e. The van der Waals surface area contributed by atoms with Crippen LogP contribution in [0.15, 0.2) is 34.1 Å². The van der Waals surface area contributed by atoms with Crippen molar-refractivity contribution in [2.75, 3.05) is 24.4 Å². The molecule has 8 N–H and O–H groups in total. The number of halogens is 2. The monoisotopic (exact) mass is 538 g/mol. The van der Waals surface area contributed by atoms with Gasteiger partial charge in [0.1, 0.15) is 30.2 Å². The van der Waals surface area contributed by atoms with Gasteiger partial charge in [0.2, 0.25) is 0 Å². The number of ether oxygens (including phenoxy) is 2. The summed E-state index contributed by atoms with van der Waals surface area (Å²) in [5, 5.41) is 45.1. The zero-order valence-corrected chi connectivity index (χ0v) is 17.8. The van der Waals surface area contributed by atoms with Gasteiger partial charge in [-0.1, -0.05) is 14.9 Å². The Morgan fingerprint density at radius 1 is 0.892 bits per heavy atom. The van der Waals surface area contributed by atoms with Crippen LogP contribution in [0, 0.1) is 0 Å². The molecular weight excluding hydrogens is 506 g/mol. The summed E-state index contributed by atoms with van der Waals surface area (Å²) in [5.41, 5.74) is 5.34. The first kappa shape index (κ1) is 32.0. The van der Waals surface area contributed by atoms with Gasteiger partial charge >= 0.3 is 11.4 Å². The van der Waals surface area contributed by atoms with Crippen LogP contribution in [0.4, 0.5) is 20.4 Å². The van der Waals surface area contributed by atoms with E-state index in [1.165, 1.54) is 18.3 Å². The number of aromatic nitrogens is 4. The zero-order valence-electron chi connectivity index (χ0n) is 17.8. The first-order chi connectivity index (χ1) is 16.6. The molecule has 0 saturated carbocycles. The molecule has 0 amide bonds. The van der Waals surface area contributed by atoms with Crippen molar-refractivity contribution in [1.82, 2.24) is 19.1 Å². The number of rotatable bonds is 5. The van der Waals surface area contributed by atoms with Crippen LogP contribution in [0.3, 0.4) is 0 Å². The van der Waals surface area contributed by atoms with Crippen LogP contribution >= 0.6 is 0 Å². The standard InChI is InChI=1S/C9H12FN3O5.C9H12FN3O4.2CH4/c10-6-7(15)4(3-14)18-8(6)13-2-1-5(12-17)11-9(13)16;10-6-7(15)4(3-14)17-8(6)13-2-1-5(11)12-9(13)16;;/h1-2,4,6-8,14-15,17H,3H2,(H,11,12,16);1-2,4,6-8,14-15H,3H2,(H2,11,12,16);2*1H4/t2*4-,6?,7+,8-;;/m11../s1. The third kappa shape index (κ3) is 6.63. The molecule has 0 aliphatic carbocycles. The molecule has 15 nitrogen and oxygen atoms in total. The summed E-state index contributed by atoms with van der Waals surface area (Å²) in [6.07, 6.45) is -9.06.